The quantitative estimate of drug-likeness (QED) is 0.620. The van der Waals surface area contributed by atoms with Gasteiger partial charge < -0.3 is 10.6 Å². The fourth-order valence-electron chi connectivity index (χ4n) is 2.74. The summed E-state index contributed by atoms with van der Waals surface area (Å²) in [4.78, 5) is 20.7. The second-order valence-corrected chi connectivity index (χ2v) is 6.58. The van der Waals surface area contributed by atoms with E-state index >= 15 is 0 Å². The molecule has 1 aromatic heterocycles. The minimum Gasteiger partial charge on any atom is -0.352 e. The van der Waals surface area contributed by atoms with Gasteiger partial charge in [-0.3, -0.25) is 4.79 Å². The molecule has 0 aliphatic carbocycles. The van der Waals surface area contributed by atoms with Gasteiger partial charge in [-0.25, -0.2) is 9.97 Å². The lowest BCUT2D eigenvalue weighted by Crippen LogP contribution is -2.25. The summed E-state index contributed by atoms with van der Waals surface area (Å²) in [7, 11) is 0. The van der Waals surface area contributed by atoms with Crippen LogP contribution in [0.25, 0.3) is 0 Å². The van der Waals surface area contributed by atoms with Crippen LogP contribution in [-0.2, 0) is 6.42 Å². The minimum absolute atomic E-state index is 0.152. The van der Waals surface area contributed by atoms with Crippen LogP contribution >= 0.6 is 0 Å². The molecule has 0 saturated carbocycles. The number of carbonyl (C=O) groups is 1. The lowest BCUT2D eigenvalue weighted by Gasteiger charge is -2.09. The lowest BCUT2D eigenvalue weighted by atomic mass is 10.1. The van der Waals surface area contributed by atoms with Crippen LogP contribution in [0, 0.1) is 13.8 Å². The second kappa shape index (κ2) is 8.94. The summed E-state index contributed by atoms with van der Waals surface area (Å²) in [6.07, 6.45) is 4.93. The van der Waals surface area contributed by atoms with Crippen molar-refractivity contribution < 1.29 is 4.79 Å². The van der Waals surface area contributed by atoms with Crippen LogP contribution in [0.2, 0.25) is 0 Å². The Balaban J connectivity index is 1.50. The van der Waals surface area contributed by atoms with Gasteiger partial charge in [0.05, 0.1) is 5.56 Å². The first-order chi connectivity index (χ1) is 13.1. The summed E-state index contributed by atoms with van der Waals surface area (Å²) < 4.78 is 0. The Morgan fingerprint density at radius 2 is 1.74 bits per heavy atom. The number of hydrogen-bond donors (Lipinski definition) is 2. The molecule has 1 amide bonds. The SMILES string of the molecule is Cc1ccc(C)c(Nc2ncc(C(=O)NCCCc3ccccc3)cn2)c1. The second-order valence-electron chi connectivity index (χ2n) is 6.58. The molecule has 3 rings (SSSR count). The van der Waals surface area contributed by atoms with E-state index in [1.807, 2.05) is 38.1 Å². The highest BCUT2D eigenvalue weighted by Gasteiger charge is 2.07. The van der Waals surface area contributed by atoms with Gasteiger partial charge in [-0.05, 0) is 49.4 Å². The highest BCUT2D eigenvalue weighted by Crippen LogP contribution is 2.19. The van der Waals surface area contributed by atoms with Crippen LogP contribution in [0.3, 0.4) is 0 Å². The van der Waals surface area contributed by atoms with Crippen LogP contribution in [-0.4, -0.2) is 22.4 Å². The summed E-state index contributed by atoms with van der Waals surface area (Å²) in [5.74, 6) is 0.325. The smallest absolute Gasteiger partial charge is 0.254 e. The monoisotopic (exact) mass is 360 g/mol. The maximum absolute atomic E-state index is 12.2. The summed E-state index contributed by atoms with van der Waals surface area (Å²) in [5, 5.41) is 6.11. The molecule has 3 aromatic rings. The highest BCUT2D eigenvalue weighted by molar-refractivity contribution is 5.93. The molecule has 5 nitrogen and oxygen atoms in total. The molecule has 2 aromatic carbocycles. The molecule has 0 spiro atoms. The van der Waals surface area contributed by atoms with E-state index in [0.29, 0.717) is 18.1 Å². The van der Waals surface area contributed by atoms with E-state index in [2.05, 4.69) is 44.9 Å². The summed E-state index contributed by atoms with van der Waals surface area (Å²) in [6.45, 7) is 4.69. The van der Waals surface area contributed by atoms with Crippen molar-refractivity contribution in [2.75, 3.05) is 11.9 Å². The first-order valence-corrected chi connectivity index (χ1v) is 9.10. The zero-order valence-corrected chi connectivity index (χ0v) is 15.7. The van der Waals surface area contributed by atoms with Gasteiger partial charge >= 0.3 is 0 Å². The van der Waals surface area contributed by atoms with Crippen LogP contribution in [0.5, 0.6) is 0 Å². The van der Waals surface area contributed by atoms with Gasteiger partial charge in [-0.15, -0.1) is 0 Å². The van der Waals surface area contributed by atoms with E-state index in [9.17, 15) is 4.79 Å². The molecule has 0 aliphatic heterocycles. The molecule has 138 valence electrons. The van der Waals surface area contributed by atoms with Crippen LogP contribution in [0.15, 0.2) is 60.9 Å². The molecule has 1 heterocycles. The Morgan fingerprint density at radius 1 is 1.00 bits per heavy atom. The molecule has 0 aliphatic rings. The fraction of sp³-hybridized carbons (Fsp3) is 0.227. The predicted molar refractivity (Wildman–Crippen MR) is 108 cm³/mol. The molecule has 0 atom stereocenters. The summed E-state index contributed by atoms with van der Waals surface area (Å²) in [6, 6.07) is 16.4. The normalized spacial score (nSPS) is 10.4. The standard InChI is InChI=1S/C22H24N4O/c1-16-10-11-17(2)20(13-16)26-22-24-14-19(15-25-22)21(27)23-12-6-9-18-7-4-3-5-8-18/h3-5,7-8,10-11,13-15H,6,9,12H2,1-2H3,(H,23,27)(H,24,25,26). The third-order valence-electron chi connectivity index (χ3n) is 4.32. The predicted octanol–water partition coefficient (Wildman–Crippen LogP) is 4.20. The number of nitrogens with zero attached hydrogens (tertiary/aromatic N) is 2. The van der Waals surface area contributed by atoms with E-state index in [4.69, 9.17) is 0 Å². The van der Waals surface area contributed by atoms with Crippen LogP contribution in [0.1, 0.15) is 33.5 Å². The Morgan fingerprint density at radius 3 is 2.48 bits per heavy atom. The van der Waals surface area contributed by atoms with E-state index in [1.54, 1.807) is 12.4 Å². The van der Waals surface area contributed by atoms with Crippen molar-refractivity contribution in [1.29, 1.82) is 0 Å². The number of aryl methyl sites for hydroxylation is 3. The average molecular weight is 360 g/mol. The number of aromatic nitrogens is 2. The van der Waals surface area contributed by atoms with E-state index < -0.39 is 0 Å². The molecule has 27 heavy (non-hydrogen) atoms. The largest absolute Gasteiger partial charge is 0.352 e. The van der Waals surface area contributed by atoms with Gasteiger partial charge in [-0.2, -0.15) is 0 Å². The Kier molecular flexibility index (Phi) is 6.15. The van der Waals surface area contributed by atoms with Crippen LogP contribution in [0.4, 0.5) is 11.6 Å². The molecular formula is C22H24N4O. The topological polar surface area (TPSA) is 66.9 Å². The maximum Gasteiger partial charge on any atom is 0.254 e. The van der Waals surface area contributed by atoms with Gasteiger partial charge in [0.2, 0.25) is 5.95 Å². The molecule has 0 unspecified atom stereocenters. The van der Waals surface area contributed by atoms with E-state index in [1.165, 1.54) is 5.56 Å². The maximum atomic E-state index is 12.2. The lowest BCUT2D eigenvalue weighted by molar-refractivity contribution is 0.0952. The third kappa shape index (κ3) is 5.38. The van der Waals surface area contributed by atoms with Gasteiger partial charge in [0.15, 0.2) is 0 Å². The minimum atomic E-state index is -0.152. The van der Waals surface area contributed by atoms with Crippen molar-refractivity contribution in [1.82, 2.24) is 15.3 Å². The van der Waals surface area contributed by atoms with Crippen molar-refractivity contribution in [3.05, 3.63) is 83.2 Å². The Bertz CT molecular complexity index is 892. The van der Waals surface area contributed by atoms with Crippen molar-refractivity contribution >= 4 is 17.5 Å². The molecule has 0 saturated heterocycles. The number of anilines is 2. The van der Waals surface area contributed by atoms with E-state index in [0.717, 1.165) is 29.7 Å². The average Bonchev–Trinajstić information content (AvgIpc) is 2.69. The Labute approximate surface area is 159 Å². The zero-order valence-electron chi connectivity index (χ0n) is 15.7. The zero-order chi connectivity index (χ0) is 19.1. The van der Waals surface area contributed by atoms with Crippen molar-refractivity contribution in [2.24, 2.45) is 0 Å². The number of benzene rings is 2. The number of nitrogens with one attached hydrogen (secondary N) is 2. The molecule has 0 bridgehead atoms. The molecule has 5 heteroatoms. The van der Waals surface area contributed by atoms with Gasteiger partial charge in [-0.1, -0.05) is 42.5 Å². The third-order valence-corrected chi connectivity index (χ3v) is 4.32. The first kappa shape index (κ1) is 18.6. The van der Waals surface area contributed by atoms with Crippen LogP contribution < -0.4 is 10.6 Å². The fourth-order valence-corrected chi connectivity index (χ4v) is 2.74. The Hall–Kier alpha value is -3.21. The molecular weight excluding hydrogens is 336 g/mol. The number of amides is 1. The van der Waals surface area contributed by atoms with Crippen molar-refractivity contribution in [2.45, 2.75) is 26.7 Å². The highest BCUT2D eigenvalue weighted by atomic mass is 16.1. The molecule has 2 N–H and O–H groups in total. The number of rotatable bonds is 7. The molecule has 0 fully saturated rings. The van der Waals surface area contributed by atoms with Crippen molar-refractivity contribution in [3.63, 3.8) is 0 Å². The first-order valence-electron chi connectivity index (χ1n) is 9.10. The van der Waals surface area contributed by atoms with Crippen molar-refractivity contribution in [3.8, 4) is 0 Å². The van der Waals surface area contributed by atoms with E-state index in [-0.39, 0.29) is 5.91 Å². The van der Waals surface area contributed by atoms with Gasteiger partial charge in [0.25, 0.3) is 5.91 Å². The summed E-state index contributed by atoms with van der Waals surface area (Å²) >= 11 is 0. The number of hydrogen-bond acceptors (Lipinski definition) is 4. The molecule has 0 radical (unpaired) electrons. The number of carbonyl (C=O) groups excluding carboxylic acids is 1. The summed E-state index contributed by atoms with van der Waals surface area (Å²) in [5.41, 5.74) is 4.98. The van der Waals surface area contributed by atoms with Gasteiger partial charge in [0.1, 0.15) is 0 Å². The van der Waals surface area contributed by atoms with Gasteiger partial charge in [0, 0.05) is 24.6 Å².